The molecule has 1 aliphatic rings. The molecule has 0 unspecified atom stereocenters. The normalized spacial score (nSPS) is 16.4. The monoisotopic (exact) mass is 378 g/mol. The van der Waals surface area contributed by atoms with Gasteiger partial charge in [-0.1, -0.05) is 6.07 Å². The van der Waals surface area contributed by atoms with Crippen LogP contribution in [0.4, 0.5) is 4.79 Å². The van der Waals surface area contributed by atoms with Crippen molar-refractivity contribution < 1.29 is 28.5 Å². The number of carbonyl (C=O) groups excluding carboxylic acids is 2. The van der Waals surface area contributed by atoms with E-state index < -0.39 is 18.0 Å². The van der Waals surface area contributed by atoms with Crippen molar-refractivity contribution in [3.8, 4) is 11.5 Å². The zero-order chi connectivity index (χ0) is 19.8. The van der Waals surface area contributed by atoms with E-state index in [4.69, 9.17) is 18.9 Å². The zero-order valence-corrected chi connectivity index (χ0v) is 16.1. The molecule has 27 heavy (non-hydrogen) atoms. The van der Waals surface area contributed by atoms with E-state index in [1.54, 1.807) is 25.1 Å². The molecule has 2 amide bonds. The second kappa shape index (κ2) is 9.82. The average molecular weight is 378 g/mol. The van der Waals surface area contributed by atoms with Crippen molar-refractivity contribution in [3.05, 3.63) is 35.0 Å². The fraction of sp³-hybridized carbons (Fsp3) is 0.474. The van der Waals surface area contributed by atoms with Gasteiger partial charge in [0.15, 0.2) is 11.5 Å². The van der Waals surface area contributed by atoms with Crippen molar-refractivity contribution in [1.29, 1.82) is 0 Å². The molecule has 0 saturated heterocycles. The van der Waals surface area contributed by atoms with Gasteiger partial charge in [-0.25, -0.2) is 9.59 Å². The van der Waals surface area contributed by atoms with Crippen LogP contribution in [-0.4, -0.2) is 45.5 Å². The highest BCUT2D eigenvalue weighted by molar-refractivity contribution is 5.95. The van der Waals surface area contributed by atoms with Crippen LogP contribution >= 0.6 is 0 Å². The number of allylic oxidation sites excluding steroid dienone is 1. The Kier molecular flexibility index (Phi) is 7.48. The van der Waals surface area contributed by atoms with Crippen molar-refractivity contribution in [2.24, 2.45) is 0 Å². The van der Waals surface area contributed by atoms with E-state index in [1.807, 2.05) is 13.8 Å². The maximum absolute atomic E-state index is 12.6. The van der Waals surface area contributed by atoms with Crippen LogP contribution in [0.15, 0.2) is 29.5 Å². The highest BCUT2D eigenvalue weighted by Gasteiger charge is 2.32. The first kappa shape index (κ1) is 20.6. The first-order valence-corrected chi connectivity index (χ1v) is 8.85. The molecular formula is C19H26N2O6. The molecule has 0 fully saturated rings. The van der Waals surface area contributed by atoms with Gasteiger partial charge in [0.05, 0.1) is 31.9 Å². The maximum atomic E-state index is 12.6. The summed E-state index contributed by atoms with van der Waals surface area (Å²) in [6, 6.07) is 4.21. The third-order valence-electron chi connectivity index (χ3n) is 3.97. The first-order valence-electron chi connectivity index (χ1n) is 8.85. The molecule has 1 aromatic rings. The standard InChI is InChI=1S/C19H26N2O6/c1-5-25-9-10-27-18(22)16-12(3)20-19(23)21-17(16)13-7-8-14(26-6-2)15(11-13)24-4/h7-8,11,17H,5-6,9-10H2,1-4H3,(H2,20,21,23)/t17-/m1/s1. The van der Waals surface area contributed by atoms with Gasteiger partial charge in [0, 0.05) is 12.3 Å². The molecular weight excluding hydrogens is 352 g/mol. The predicted octanol–water partition coefficient (Wildman–Crippen LogP) is 2.30. The van der Waals surface area contributed by atoms with Crippen LogP contribution in [0.1, 0.15) is 32.4 Å². The van der Waals surface area contributed by atoms with Crippen molar-refractivity contribution in [2.75, 3.05) is 33.5 Å². The number of esters is 1. The molecule has 0 aromatic heterocycles. The Hall–Kier alpha value is -2.74. The van der Waals surface area contributed by atoms with Gasteiger partial charge >= 0.3 is 12.0 Å². The number of methoxy groups -OCH3 is 1. The van der Waals surface area contributed by atoms with Crippen LogP contribution in [0.5, 0.6) is 11.5 Å². The molecule has 148 valence electrons. The maximum Gasteiger partial charge on any atom is 0.338 e. The van der Waals surface area contributed by atoms with Gasteiger partial charge in [-0.05, 0) is 38.5 Å². The molecule has 0 bridgehead atoms. The molecule has 8 nitrogen and oxygen atoms in total. The summed E-state index contributed by atoms with van der Waals surface area (Å²) >= 11 is 0. The number of hydrogen-bond acceptors (Lipinski definition) is 6. The molecule has 0 radical (unpaired) electrons. The van der Waals surface area contributed by atoms with Gasteiger partial charge in [-0.3, -0.25) is 0 Å². The Morgan fingerprint density at radius 2 is 1.93 bits per heavy atom. The Morgan fingerprint density at radius 1 is 1.15 bits per heavy atom. The van der Waals surface area contributed by atoms with Gasteiger partial charge < -0.3 is 29.6 Å². The van der Waals surface area contributed by atoms with E-state index in [1.165, 1.54) is 7.11 Å². The lowest BCUT2D eigenvalue weighted by atomic mass is 9.95. The number of nitrogens with one attached hydrogen (secondary N) is 2. The molecule has 8 heteroatoms. The highest BCUT2D eigenvalue weighted by atomic mass is 16.6. The Balaban J connectivity index is 2.30. The van der Waals surface area contributed by atoms with E-state index in [0.717, 1.165) is 0 Å². The smallest absolute Gasteiger partial charge is 0.338 e. The van der Waals surface area contributed by atoms with Gasteiger partial charge in [0.25, 0.3) is 0 Å². The minimum atomic E-state index is -0.664. The molecule has 2 rings (SSSR count). The second-order valence-electron chi connectivity index (χ2n) is 5.75. The van der Waals surface area contributed by atoms with E-state index in [2.05, 4.69) is 10.6 Å². The highest BCUT2D eigenvalue weighted by Crippen LogP contribution is 2.34. The minimum absolute atomic E-state index is 0.136. The summed E-state index contributed by atoms with van der Waals surface area (Å²) in [6.07, 6.45) is 0. The van der Waals surface area contributed by atoms with E-state index >= 15 is 0 Å². The number of benzene rings is 1. The molecule has 1 atom stereocenters. The summed E-state index contributed by atoms with van der Waals surface area (Å²) in [5.74, 6) is 0.590. The average Bonchev–Trinajstić information content (AvgIpc) is 2.65. The number of carbonyl (C=O) groups is 2. The third kappa shape index (κ3) is 5.13. The minimum Gasteiger partial charge on any atom is -0.493 e. The summed E-state index contributed by atoms with van der Waals surface area (Å²) in [5, 5.41) is 5.38. The topological polar surface area (TPSA) is 95.1 Å². The summed E-state index contributed by atoms with van der Waals surface area (Å²) in [7, 11) is 1.53. The quantitative estimate of drug-likeness (QED) is 0.506. The third-order valence-corrected chi connectivity index (χ3v) is 3.97. The molecule has 0 spiro atoms. The van der Waals surface area contributed by atoms with Crippen LogP contribution in [0.2, 0.25) is 0 Å². The van der Waals surface area contributed by atoms with Crippen molar-refractivity contribution >= 4 is 12.0 Å². The van der Waals surface area contributed by atoms with Gasteiger partial charge in [0.1, 0.15) is 6.61 Å². The molecule has 0 saturated carbocycles. The number of hydrogen-bond donors (Lipinski definition) is 2. The summed E-state index contributed by atoms with van der Waals surface area (Å²) in [4.78, 5) is 24.6. The number of ether oxygens (including phenoxy) is 4. The van der Waals surface area contributed by atoms with Gasteiger partial charge in [-0.15, -0.1) is 0 Å². The summed E-state index contributed by atoms with van der Waals surface area (Å²) in [6.45, 7) is 6.90. The van der Waals surface area contributed by atoms with Crippen LogP contribution in [-0.2, 0) is 14.3 Å². The van der Waals surface area contributed by atoms with E-state index in [-0.39, 0.29) is 6.61 Å². The van der Waals surface area contributed by atoms with Crippen molar-refractivity contribution in [2.45, 2.75) is 26.8 Å². The summed E-state index contributed by atoms with van der Waals surface area (Å²) in [5.41, 5.74) is 1.46. The summed E-state index contributed by atoms with van der Waals surface area (Å²) < 4.78 is 21.4. The number of urea groups is 1. The Labute approximate surface area is 158 Å². The Bertz CT molecular complexity index is 716. The van der Waals surface area contributed by atoms with Gasteiger partial charge in [-0.2, -0.15) is 0 Å². The molecule has 0 aliphatic carbocycles. The Morgan fingerprint density at radius 3 is 2.59 bits per heavy atom. The first-order chi connectivity index (χ1) is 13.0. The molecule has 1 heterocycles. The predicted molar refractivity (Wildman–Crippen MR) is 98.7 cm³/mol. The fourth-order valence-electron chi connectivity index (χ4n) is 2.77. The number of amides is 2. The van der Waals surface area contributed by atoms with E-state index in [0.29, 0.717) is 48.2 Å². The second-order valence-corrected chi connectivity index (χ2v) is 5.75. The van der Waals surface area contributed by atoms with Crippen LogP contribution < -0.4 is 20.1 Å². The lowest BCUT2D eigenvalue weighted by Crippen LogP contribution is -2.45. The van der Waals surface area contributed by atoms with Crippen molar-refractivity contribution in [3.63, 3.8) is 0 Å². The SMILES string of the molecule is CCOCCOC(=O)C1=C(C)NC(=O)N[C@@H]1c1ccc(OCC)c(OC)c1. The fourth-order valence-corrected chi connectivity index (χ4v) is 2.77. The van der Waals surface area contributed by atoms with Crippen LogP contribution in [0.3, 0.4) is 0 Å². The molecule has 1 aromatic carbocycles. The van der Waals surface area contributed by atoms with Crippen molar-refractivity contribution in [1.82, 2.24) is 10.6 Å². The largest absolute Gasteiger partial charge is 0.493 e. The van der Waals surface area contributed by atoms with Crippen LogP contribution in [0.25, 0.3) is 0 Å². The molecule has 1 aliphatic heterocycles. The zero-order valence-electron chi connectivity index (χ0n) is 16.1. The lowest BCUT2D eigenvalue weighted by Gasteiger charge is -2.28. The molecule has 2 N–H and O–H groups in total. The number of rotatable bonds is 9. The van der Waals surface area contributed by atoms with Gasteiger partial charge in [0.2, 0.25) is 0 Å². The van der Waals surface area contributed by atoms with E-state index in [9.17, 15) is 9.59 Å². The van der Waals surface area contributed by atoms with Crippen LogP contribution in [0, 0.1) is 0 Å². The lowest BCUT2D eigenvalue weighted by molar-refractivity contribution is -0.141.